The van der Waals surface area contributed by atoms with Crippen LogP contribution in [-0.4, -0.2) is 22.8 Å². The zero-order valence-corrected chi connectivity index (χ0v) is 11.4. The minimum atomic E-state index is -0.420. The molecule has 0 saturated heterocycles. The molecule has 0 bridgehead atoms. The highest BCUT2D eigenvalue weighted by molar-refractivity contribution is 6.31. The quantitative estimate of drug-likeness (QED) is 0.850. The molecule has 0 radical (unpaired) electrons. The number of fused-ring (bicyclic) bond motifs is 1. The van der Waals surface area contributed by atoms with Gasteiger partial charge in [0.15, 0.2) is 0 Å². The topological polar surface area (TPSA) is 64.1 Å². The third kappa shape index (κ3) is 3.05. The molecule has 1 aromatic heterocycles. The lowest BCUT2D eigenvalue weighted by atomic mass is 10.2. The number of aromatic nitrogens is 2. The maximum absolute atomic E-state index is 12.2. The van der Waals surface area contributed by atoms with Crippen molar-refractivity contribution in [2.45, 2.75) is 19.9 Å². The minimum Gasteiger partial charge on any atom is -0.382 e. The summed E-state index contributed by atoms with van der Waals surface area (Å²) in [6.07, 6.45) is 0.621. The van der Waals surface area contributed by atoms with Gasteiger partial charge in [0, 0.05) is 24.8 Å². The van der Waals surface area contributed by atoms with Gasteiger partial charge < -0.3 is 9.72 Å². The highest BCUT2D eigenvalue weighted by Gasteiger charge is 2.07. The van der Waals surface area contributed by atoms with Gasteiger partial charge >= 0.3 is 5.69 Å². The third-order valence-electron chi connectivity index (χ3n) is 2.82. The molecule has 5 nitrogen and oxygen atoms in total. The van der Waals surface area contributed by atoms with Crippen LogP contribution in [0.25, 0.3) is 10.9 Å². The Labute approximate surface area is 114 Å². The van der Waals surface area contributed by atoms with Gasteiger partial charge in [-0.3, -0.25) is 9.36 Å². The van der Waals surface area contributed by atoms with E-state index in [-0.39, 0.29) is 5.56 Å². The molecular weight excluding hydrogens is 268 g/mol. The molecule has 0 spiro atoms. The van der Waals surface area contributed by atoms with E-state index in [1.807, 2.05) is 6.92 Å². The molecule has 0 atom stereocenters. The lowest BCUT2D eigenvalue weighted by Crippen LogP contribution is -2.35. The number of hydrogen-bond donors (Lipinski definition) is 1. The van der Waals surface area contributed by atoms with Crippen LogP contribution in [0.4, 0.5) is 0 Å². The van der Waals surface area contributed by atoms with Crippen LogP contribution in [0.2, 0.25) is 5.02 Å². The smallest absolute Gasteiger partial charge is 0.328 e. The summed E-state index contributed by atoms with van der Waals surface area (Å²) in [5.41, 5.74) is -0.258. The average molecular weight is 283 g/mol. The Bertz CT molecular complexity index is 690. The molecule has 102 valence electrons. The summed E-state index contributed by atoms with van der Waals surface area (Å²) in [5.74, 6) is 0. The van der Waals surface area contributed by atoms with E-state index < -0.39 is 5.69 Å². The molecule has 0 aliphatic carbocycles. The summed E-state index contributed by atoms with van der Waals surface area (Å²) in [6.45, 7) is 3.40. The van der Waals surface area contributed by atoms with Crippen molar-refractivity contribution >= 4 is 22.5 Å². The van der Waals surface area contributed by atoms with Gasteiger partial charge in [0.1, 0.15) is 0 Å². The summed E-state index contributed by atoms with van der Waals surface area (Å²) in [4.78, 5) is 26.7. The SMILES string of the molecule is CCOCCCn1c(=O)[nH]c2cc(Cl)ccc2c1=O. The normalized spacial score (nSPS) is 11.1. The van der Waals surface area contributed by atoms with E-state index in [0.29, 0.717) is 42.1 Å². The summed E-state index contributed by atoms with van der Waals surface area (Å²) < 4.78 is 6.38. The second kappa shape index (κ2) is 6.04. The fourth-order valence-corrected chi connectivity index (χ4v) is 2.07. The van der Waals surface area contributed by atoms with E-state index in [1.165, 1.54) is 4.57 Å². The molecule has 0 aliphatic rings. The maximum atomic E-state index is 12.2. The second-order valence-electron chi connectivity index (χ2n) is 4.13. The summed E-state index contributed by atoms with van der Waals surface area (Å²) in [7, 11) is 0. The van der Waals surface area contributed by atoms with Gasteiger partial charge in [-0.15, -0.1) is 0 Å². The lowest BCUT2D eigenvalue weighted by molar-refractivity contribution is 0.141. The second-order valence-corrected chi connectivity index (χ2v) is 4.56. The number of halogens is 1. The Hall–Kier alpha value is -1.59. The Kier molecular flexibility index (Phi) is 4.39. The molecule has 1 heterocycles. The minimum absolute atomic E-state index is 0.299. The van der Waals surface area contributed by atoms with Crippen molar-refractivity contribution in [3.05, 3.63) is 44.1 Å². The number of nitrogens with one attached hydrogen (secondary N) is 1. The molecule has 2 rings (SSSR count). The molecule has 1 aromatic carbocycles. The third-order valence-corrected chi connectivity index (χ3v) is 3.05. The largest absolute Gasteiger partial charge is 0.382 e. The zero-order chi connectivity index (χ0) is 13.8. The fraction of sp³-hybridized carbons (Fsp3) is 0.385. The van der Waals surface area contributed by atoms with Crippen molar-refractivity contribution in [2.24, 2.45) is 0 Å². The van der Waals surface area contributed by atoms with Gasteiger partial charge in [0.25, 0.3) is 5.56 Å². The first-order chi connectivity index (χ1) is 9.13. The molecule has 0 amide bonds. The molecule has 0 unspecified atom stereocenters. The molecule has 6 heteroatoms. The molecule has 0 aliphatic heterocycles. The predicted molar refractivity (Wildman–Crippen MR) is 74.9 cm³/mol. The van der Waals surface area contributed by atoms with Crippen molar-refractivity contribution in [3.8, 4) is 0 Å². The first-order valence-electron chi connectivity index (χ1n) is 6.13. The van der Waals surface area contributed by atoms with E-state index >= 15 is 0 Å². The van der Waals surface area contributed by atoms with Crippen LogP contribution in [0.3, 0.4) is 0 Å². The molecule has 0 fully saturated rings. The number of ether oxygens (including phenoxy) is 1. The van der Waals surface area contributed by atoms with Crippen molar-refractivity contribution in [2.75, 3.05) is 13.2 Å². The molecule has 19 heavy (non-hydrogen) atoms. The van der Waals surface area contributed by atoms with Crippen LogP contribution in [0.1, 0.15) is 13.3 Å². The van der Waals surface area contributed by atoms with Crippen molar-refractivity contribution in [1.29, 1.82) is 0 Å². The average Bonchev–Trinajstić information content (AvgIpc) is 2.37. The van der Waals surface area contributed by atoms with E-state index in [2.05, 4.69) is 4.98 Å². The maximum Gasteiger partial charge on any atom is 0.328 e. The Morgan fingerprint density at radius 2 is 2.16 bits per heavy atom. The molecule has 2 aromatic rings. The Balaban J connectivity index is 2.37. The predicted octanol–water partition coefficient (Wildman–Crippen LogP) is 1.77. The van der Waals surface area contributed by atoms with E-state index in [1.54, 1.807) is 18.2 Å². The van der Waals surface area contributed by atoms with Gasteiger partial charge in [-0.1, -0.05) is 11.6 Å². The first-order valence-corrected chi connectivity index (χ1v) is 6.51. The summed E-state index contributed by atoms with van der Waals surface area (Å²) in [6, 6.07) is 4.83. The van der Waals surface area contributed by atoms with Crippen molar-refractivity contribution in [1.82, 2.24) is 9.55 Å². The molecule has 0 saturated carbocycles. The van der Waals surface area contributed by atoms with Crippen LogP contribution in [0, 0.1) is 0 Å². The van der Waals surface area contributed by atoms with E-state index in [9.17, 15) is 9.59 Å². The number of rotatable bonds is 5. The van der Waals surface area contributed by atoms with Crippen LogP contribution >= 0.6 is 11.6 Å². The zero-order valence-electron chi connectivity index (χ0n) is 10.6. The van der Waals surface area contributed by atoms with E-state index in [0.717, 1.165) is 0 Å². The first kappa shape index (κ1) is 13.8. The van der Waals surface area contributed by atoms with Crippen LogP contribution in [0.5, 0.6) is 0 Å². The fourth-order valence-electron chi connectivity index (χ4n) is 1.90. The van der Waals surface area contributed by atoms with Gasteiger partial charge in [0.2, 0.25) is 0 Å². The highest BCUT2D eigenvalue weighted by atomic mass is 35.5. The Morgan fingerprint density at radius 3 is 2.89 bits per heavy atom. The van der Waals surface area contributed by atoms with E-state index in [4.69, 9.17) is 16.3 Å². The number of H-pyrrole nitrogens is 1. The van der Waals surface area contributed by atoms with Crippen LogP contribution in [-0.2, 0) is 11.3 Å². The molecule has 1 N–H and O–H groups in total. The van der Waals surface area contributed by atoms with Crippen LogP contribution in [0.15, 0.2) is 27.8 Å². The summed E-state index contributed by atoms with van der Waals surface area (Å²) in [5, 5.41) is 0.942. The number of aromatic amines is 1. The summed E-state index contributed by atoms with van der Waals surface area (Å²) >= 11 is 5.83. The standard InChI is InChI=1S/C13H15ClN2O3/c1-2-19-7-3-6-16-12(17)10-5-4-9(14)8-11(10)15-13(16)18/h4-5,8H,2-3,6-7H2,1H3,(H,15,18). The number of benzene rings is 1. The van der Waals surface area contributed by atoms with Gasteiger partial charge in [-0.2, -0.15) is 0 Å². The van der Waals surface area contributed by atoms with Gasteiger partial charge in [0.05, 0.1) is 10.9 Å². The number of nitrogens with zero attached hydrogens (tertiary/aromatic N) is 1. The Morgan fingerprint density at radius 1 is 1.37 bits per heavy atom. The molecular formula is C13H15ClN2O3. The van der Waals surface area contributed by atoms with Gasteiger partial charge in [-0.25, -0.2) is 4.79 Å². The van der Waals surface area contributed by atoms with Gasteiger partial charge in [-0.05, 0) is 31.5 Å². The number of hydrogen-bond acceptors (Lipinski definition) is 3. The monoisotopic (exact) mass is 282 g/mol. The lowest BCUT2D eigenvalue weighted by Gasteiger charge is -2.06. The highest BCUT2D eigenvalue weighted by Crippen LogP contribution is 2.13. The van der Waals surface area contributed by atoms with Crippen molar-refractivity contribution in [3.63, 3.8) is 0 Å². The van der Waals surface area contributed by atoms with Crippen LogP contribution < -0.4 is 11.2 Å². The van der Waals surface area contributed by atoms with Crippen molar-refractivity contribution < 1.29 is 4.74 Å².